The molecule has 5 nitrogen and oxygen atoms in total. The molecule has 6 heteroatoms. The molecule has 0 aliphatic heterocycles. The minimum absolute atomic E-state index is 0.364. The van der Waals surface area contributed by atoms with Crippen molar-refractivity contribution in [2.24, 2.45) is 10.7 Å². The third kappa shape index (κ3) is 4.58. The number of methoxy groups -OCH3 is 1. The number of aliphatic imine (C=N–C) groups is 1. The smallest absolute Gasteiger partial charge is 0.193 e. The molecule has 128 valence electrons. The lowest BCUT2D eigenvalue weighted by molar-refractivity contribution is 0.417. The van der Waals surface area contributed by atoms with Crippen molar-refractivity contribution in [3.8, 4) is 16.3 Å². The van der Waals surface area contributed by atoms with Crippen LogP contribution in [-0.2, 0) is 6.42 Å². The summed E-state index contributed by atoms with van der Waals surface area (Å²) in [6.45, 7) is 0.575. The SMILES string of the molecule is COc1ccccc1NC(N)=NCCc1csc(-c2ccccc2)n1. The van der Waals surface area contributed by atoms with Crippen molar-refractivity contribution in [1.82, 2.24) is 4.98 Å². The highest BCUT2D eigenvalue weighted by Gasteiger charge is 2.05. The van der Waals surface area contributed by atoms with E-state index in [1.807, 2.05) is 42.5 Å². The summed E-state index contributed by atoms with van der Waals surface area (Å²) in [4.78, 5) is 9.02. The van der Waals surface area contributed by atoms with Gasteiger partial charge in [-0.25, -0.2) is 4.98 Å². The maximum atomic E-state index is 5.96. The second-order valence-corrected chi connectivity index (χ2v) is 6.21. The molecule has 0 aliphatic carbocycles. The number of hydrogen-bond acceptors (Lipinski definition) is 4. The molecular formula is C19H20N4OS. The molecule has 1 heterocycles. The topological polar surface area (TPSA) is 72.5 Å². The lowest BCUT2D eigenvalue weighted by Gasteiger charge is -2.09. The molecule has 0 amide bonds. The molecule has 3 aromatic rings. The minimum Gasteiger partial charge on any atom is -0.495 e. The zero-order chi connectivity index (χ0) is 17.5. The Morgan fingerprint density at radius 1 is 1.16 bits per heavy atom. The number of guanidine groups is 1. The number of para-hydroxylation sites is 2. The molecule has 2 aromatic carbocycles. The number of hydrogen-bond donors (Lipinski definition) is 2. The van der Waals surface area contributed by atoms with E-state index >= 15 is 0 Å². The molecule has 0 aliphatic rings. The number of aromatic nitrogens is 1. The summed E-state index contributed by atoms with van der Waals surface area (Å²) < 4.78 is 5.28. The molecule has 0 fully saturated rings. The maximum Gasteiger partial charge on any atom is 0.193 e. The third-order valence-electron chi connectivity index (χ3n) is 3.59. The maximum absolute atomic E-state index is 5.96. The summed E-state index contributed by atoms with van der Waals surface area (Å²) in [7, 11) is 1.63. The van der Waals surface area contributed by atoms with Crippen LogP contribution in [0.25, 0.3) is 10.6 Å². The van der Waals surface area contributed by atoms with Crippen molar-refractivity contribution < 1.29 is 4.74 Å². The lowest BCUT2D eigenvalue weighted by atomic mass is 10.2. The van der Waals surface area contributed by atoms with E-state index in [9.17, 15) is 0 Å². The van der Waals surface area contributed by atoms with Crippen molar-refractivity contribution in [3.63, 3.8) is 0 Å². The number of benzene rings is 2. The summed E-state index contributed by atoms with van der Waals surface area (Å²) in [5.74, 6) is 1.09. The van der Waals surface area contributed by atoms with Crippen molar-refractivity contribution in [2.75, 3.05) is 19.0 Å². The quantitative estimate of drug-likeness (QED) is 0.523. The summed E-state index contributed by atoms with van der Waals surface area (Å²) in [5.41, 5.74) is 8.92. The van der Waals surface area contributed by atoms with Crippen molar-refractivity contribution in [2.45, 2.75) is 6.42 Å². The van der Waals surface area contributed by atoms with E-state index < -0.39 is 0 Å². The average Bonchev–Trinajstić information content (AvgIpc) is 3.12. The van der Waals surface area contributed by atoms with Gasteiger partial charge in [0.25, 0.3) is 0 Å². The van der Waals surface area contributed by atoms with E-state index in [1.54, 1.807) is 18.4 Å². The molecule has 0 bridgehead atoms. The zero-order valence-corrected chi connectivity index (χ0v) is 14.8. The Morgan fingerprint density at radius 2 is 1.92 bits per heavy atom. The number of nitrogens with zero attached hydrogens (tertiary/aromatic N) is 2. The van der Waals surface area contributed by atoms with E-state index in [4.69, 9.17) is 10.5 Å². The molecule has 0 unspecified atom stereocenters. The van der Waals surface area contributed by atoms with E-state index in [-0.39, 0.29) is 0 Å². The molecule has 3 rings (SSSR count). The highest BCUT2D eigenvalue weighted by molar-refractivity contribution is 7.13. The Kier molecular flexibility index (Phi) is 5.64. The van der Waals surface area contributed by atoms with Crippen LogP contribution in [-0.4, -0.2) is 24.6 Å². The van der Waals surface area contributed by atoms with Crippen LogP contribution in [0.1, 0.15) is 5.69 Å². The Bertz CT molecular complexity index is 845. The van der Waals surface area contributed by atoms with Gasteiger partial charge in [0.2, 0.25) is 0 Å². The number of rotatable bonds is 6. The van der Waals surface area contributed by atoms with Crippen LogP contribution in [0.5, 0.6) is 5.75 Å². The molecule has 0 radical (unpaired) electrons. The number of nitrogens with two attached hydrogens (primary N) is 1. The number of nitrogens with one attached hydrogen (secondary N) is 1. The first-order chi connectivity index (χ1) is 12.3. The van der Waals surface area contributed by atoms with Crippen LogP contribution in [0.2, 0.25) is 0 Å². The number of ether oxygens (including phenoxy) is 1. The van der Waals surface area contributed by atoms with Gasteiger partial charge in [0.1, 0.15) is 10.8 Å². The first-order valence-corrected chi connectivity index (χ1v) is 8.84. The predicted octanol–water partition coefficient (Wildman–Crippen LogP) is 3.79. The van der Waals surface area contributed by atoms with Gasteiger partial charge in [-0.05, 0) is 12.1 Å². The Balaban J connectivity index is 1.57. The zero-order valence-electron chi connectivity index (χ0n) is 14.0. The summed E-state index contributed by atoms with van der Waals surface area (Å²) in [6.07, 6.45) is 0.748. The Morgan fingerprint density at radius 3 is 2.72 bits per heavy atom. The minimum atomic E-state index is 0.364. The summed E-state index contributed by atoms with van der Waals surface area (Å²) in [5, 5.41) is 6.16. The molecule has 0 atom stereocenters. The fourth-order valence-corrected chi connectivity index (χ4v) is 3.21. The molecular weight excluding hydrogens is 332 g/mol. The first kappa shape index (κ1) is 17.0. The molecule has 3 N–H and O–H groups in total. The van der Waals surface area contributed by atoms with Crippen LogP contribution in [0.15, 0.2) is 65.0 Å². The third-order valence-corrected chi connectivity index (χ3v) is 4.53. The van der Waals surface area contributed by atoms with E-state index in [2.05, 4.69) is 32.8 Å². The molecule has 0 saturated heterocycles. The lowest BCUT2D eigenvalue weighted by Crippen LogP contribution is -2.23. The van der Waals surface area contributed by atoms with Crippen molar-refractivity contribution in [3.05, 3.63) is 65.7 Å². The normalized spacial score (nSPS) is 11.3. The monoisotopic (exact) mass is 352 g/mol. The molecule has 1 aromatic heterocycles. The number of thiazole rings is 1. The Hall–Kier alpha value is -2.86. The van der Waals surface area contributed by atoms with Crippen LogP contribution >= 0.6 is 11.3 Å². The summed E-state index contributed by atoms with van der Waals surface area (Å²) in [6, 6.07) is 17.8. The van der Waals surface area contributed by atoms with Crippen LogP contribution in [0, 0.1) is 0 Å². The summed E-state index contributed by atoms with van der Waals surface area (Å²) >= 11 is 1.65. The van der Waals surface area contributed by atoms with Gasteiger partial charge in [-0.2, -0.15) is 0 Å². The predicted molar refractivity (Wildman–Crippen MR) is 104 cm³/mol. The van der Waals surface area contributed by atoms with Gasteiger partial charge in [0.15, 0.2) is 5.96 Å². The fourth-order valence-electron chi connectivity index (χ4n) is 2.35. The fraction of sp³-hybridized carbons (Fsp3) is 0.158. The highest BCUT2D eigenvalue weighted by atomic mass is 32.1. The average molecular weight is 352 g/mol. The van der Waals surface area contributed by atoms with Gasteiger partial charge in [-0.1, -0.05) is 42.5 Å². The standard InChI is InChI=1S/C19H20N4OS/c1-24-17-10-6-5-9-16(17)23-19(20)21-12-11-15-13-25-18(22-15)14-7-3-2-4-8-14/h2-10,13H,11-12H2,1H3,(H3,20,21,23). The second-order valence-electron chi connectivity index (χ2n) is 5.35. The van der Waals surface area contributed by atoms with E-state index in [0.717, 1.165) is 34.1 Å². The van der Waals surface area contributed by atoms with Crippen LogP contribution in [0.3, 0.4) is 0 Å². The van der Waals surface area contributed by atoms with E-state index in [0.29, 0.717) is 12.5 Å². The van der Waals surface area contributed by atoms with Crippen LogP contribution in [0.4, 0.5) is 5.69 Å². The van der Waals surface area contributed by atoms with Crippen molar-refractivity contribution >= 4 is 23.0 Å². The second kappa shape index (κ2) is 8.30. The first-order valence-electron chi connectivity index (χ1n) is 7.96. The number of anilines is 1. The molecule has 0 saturated carbocycles. The van der Waals surface area contributed by atoms with Gasteiger partial charge in [0.05, 0.1) is 18.5 Å². The van der Waals surface area contributed by atoms with Crippen LogP contribution < -0.4 is 15.8 Å². The van der Waals surface area contributed by atoms with Gasteiger partial charge in [0, 0.05) is 23.9 Å². The van der Waals surface area contributed by atoms with Gasteiger partial charge < -0.3 is 15.8 Å². The van der Waals surface area contributed by atoms with E-state index in [1.165, 1.54) is 0 Å². The Labute approximate surface area is 151 Å². The van der Waals surface area contributed by atoms with Gasteiger partial charge in [-0.15, -0.1) is 11.3 Å². The van der Waals surface area contributed by atoms with Crippen molar-refractivity contribution in [1.29, 1.82) is 0 Å². The largest absolute Gasteiger partial charge is 0.495 e. The van der Waals surface area contributed by atoms with Gasteiger partial charge in [-0.3, -0.25) is 4.99 Å². The molecule has 25 heavy (non-hydrogen) atoms. The molecule has 0 spiro atoms. The van der Waals surface area contributed by atoms with Gasteiger partial charge >= 0.3 is 0 Å². The highest BCUT2D eigenvalue weighted by Crippen LogP contribution is 2.24.